The SMILES string of the molecule is CCOC(=O)c1sc(NC(=O)Cc2cccc(C(F)(F)F)c2)cc1C. The molecule has 0 aliphatic carbocycles. The Labute approximate surface area is 146 Å². The van der Waals surface area contributed by atoms with Crippen LogP contribution in [0.3, 0.4) is 0 Å². The van der Waals surface area contributed by atoms with E-state index in [1.54, 1.807) is 19.9 Å². The van der Waals surface area contributed by atoms with Crippen LogP contribution in [0.5, 0.6) is 0 Å². The molecule has 1 aromatic heterocycles. The zero-order chi connectivity index (χ0) is 18.6. The highest BCUT2D eigenvalue weighted by molar-refractivity contribution is 7.18. The molecule has 0 aliphatic heterocycles. The second-order valence-electron chi connectivity index (χ2n) is 5.27. The smallest absolute Gasteiger partial charge is 0.416 e. The molecule has 1 amide bonds. The fraction of sp³-hybridized carbons (Fsp3) is 0.294. The van der Waals surface area contributed by atoms with Crippen LogP contribution in [0.2, 0.25) is 0 Å². The van der Waals surface area contributed by atoms with Crippen molar-refractivity contribution in [2.24, 2.45) is 0 Å². The van der Waals surface area contributed by atoms with Gasteiger partial charge < -0.3 is 10.1 Å². The molecule has 134 valence electrons. The van der Waals surface area contributed by atoms with Crippen LogP contribution in [-0.4, -0.2) is 18.5 Å². The first-order chi connectivity index (χ1) is 11.7. The fourth-order valence-corrected chi connectivity index (χ4v) is 3.15. The van der Waals surface area contributed by atoms with Crippen LogP contribution in [0.25, 0.3) is 0 Å². The number of rotatable bonds is 5. The van der Waals surface area contributed by atoms with Gasteiger partial charge in [0.25, 0.3) is 0 Å². The Morgan fingerprint density at radius 1 is 1.24 bits per heavy atom. The fourth-order valence-electron chi connectivity index (χ4n) is 2.17. The molecule has 2 aromatic rings. The minimum absolute atomic E-state index is 0.199. The predicted molar refractivity (Wildman–Crippen MR) is 88.8 cm³/mol. The molecular weight excluding hydrogens is 355 g/mol. The molecule has 0 unspecified atom stereocenters. The number of anilines is 1. The Bertz CT molecular complexity index is 784. The maximum absolute atomic E-state index is 12.7. The second kappa shape index (κ2) is 7.69. The van der Waals surface area contributed by atoms with Crippen LogP contribution in [0, 0.1) is 6.92 Å². The number of halogens is 3. The number of esters is 1. The number of nitrogens with one attached hydrogen (secondary N) is 1. The van der Waals surface area contributed by atoms with Crippen LogP contribution < -0.4 is 5.32 Å². The summed E-state index contributed by atoms with van der Waals surface area (Å²) in [6.07, 6.45) is -4.65. The van der Waals surface area contributed by atoms with Gasteiger partial charge in [-0.1, -0.05) is 18.2 Å². The molecule has 0 fully saturated rings. The summed E-state index contributed by atoms with van der Waals surface area (Å²) in [6.45, 7) is 3.65. The largest absolute Gasteiger partial charge is 0.462 e. The number of thiophene rings is 1. The number of ether oxygens (including phenoxy) is 1. The number of hydrogen-bond donors (Lipinski definition) is 1. The van der Waals surface area contributed by atoms with Crippen LogP contribution in [0.4, 0.5) is 18.2 Å². The quantitative estimate of drug-likeness (QED) is 0.791. The molecule has 0 atom stereocenters. The van der Waals surface area contributed by atoms with Crippen molar-refractivity contribution in [3.8, 4) is 0 Å². The van der Waals surface area contributed by atoms with E-state index in [4.69, 9.17) is 4.74 Å². The zero-order valence-electron chi connectivity index (χ0n) is 13.6. The Hall–Kier alpha value is -2.35. The summed E-state index contributed by atoms with van der Waals surface area (Å²) in [5.41, 5.74) is 0.124. The number of benzene rings is 1. The highest BCUT2D eigenvalue weighted by atomic mass is 32.1. The standard InChI is InChI=1S/C17H16F3NO3S/c1-3-24-16(23)15-10(2)7-14(25-15)21-13(22)9-11-5-4-6-12(8-11)17(18,19)20/h4-8H,3,9H2,1-2H3,(H,21,22). The average Bonchev–Trinajstić information content (AvgIpc) is 2.87. The van der Waals surface area contributed by atoms with E-state index in [9.17, 15) is 22.8 Å². The molecule has 0 saturated carbocycles. The zero-order valence-corrected chi connectivity index (χ0v) is 14.4. The van der Waals surface area contributed by atoms with Crippen molar-refractivity contribution in [1.29, 1.82) is 0 Å². The van der Waals surface area contributed by atoms with Crippen molar-refractivity contribution < 1.29 is 27.5 Å². The summed E-state index contributed by atoms with van der Waals surface area (Å²) in [4.78, 5) is 24.2. The molecule has 0 aliphatic rings. The number of carbonyl (C=O) groups is 2. The molecule has 25 heavy (non-hydrogen) atoms. The van der Waals surface area contributed by atoms with E-state index in [1.165, 1.54) is 12.1 Å². The number of hydrogen-bond acceptors (Lipinski definition) is 4. The molecule has 0 saturated heterocycles. The lowest BCUT2D eigenvalue weighted by Gasteiger charge is -2.08. The Kier molecular flexibility index (Phi) is 5.84. The molecule has 0 radical (unpaired) electrons. The van der Waals surface area contributed by atoms with Crippen molar-refractivity contribution >= 4 is 28.2 Å². The Balaban J connectivity index is 2.06. The van der Waals surface area contributed by atoms with Gasteiger partial charge in [-0.25, -0.2) is 4.79 Å². The van der Waals surface area contributed by atoms with Crippen molar-refractivity contribution in [3.63, 3.8) is 0 Å². The van der Waals surface area contributed by atoms with Crippen molar-refractivity contribution in [3.05, 3.63) is 51.9 Å². The van der Waals surface area contributed by atoms with Gasteiger partial charge in [-0.05, 0) is 37.1 Å². The minimum atomic E-state index is -4.45. The highest BCUT2D eigenvalue weighted by Crippen LogP contribution is 2.30. The Morgan fingerprint density at radius 3 is 2.60 bits per heavy atom. The van der Waals surface area contributed by atoms with Gasteiger partial charge in [0.05, 0.1) is 23.6 Å². The monoisotopic (exact) mass is 371 g/mol. The minimum Gasteiger partial charge on any atom is -0.462 e. The maximum atomic E-state index is 12.7. The van der Waals surface area contributed by atoms with Crippen molar-refractivity contribution in [1.82, 2.24) is 0 Å². The third kappa shape index (κ3) is 5.06. The van der Waals surface area contributed by atoms with E-state index in [0.717, 1.165) is 23.5 Å². The first kappa shape index (κ1) is 19.0. The third-order valence-electron chi connectivity index (χ3n) is 3.26. The van der Waals surface area contributed by atoms with Gasteiger partial charge in [0, 0.05) is 0 Å². The van der Waals surface area contributed by atoms with Gasteiger partial charge in [-0.2, -0.15) is 13.2 Å². The van der Waals surface area contributed by atoms with Crippen molar-refractivity contribution in [2.75, 3.05) is 11.9 Å². The van der Waals surface area contributed by atoms with Crippen LogP contribution in [0.15, 0.2) is 30.3 Å². The second-order valence-corrected chi connectivity index (χ2v) is 6.32. The molecule has 2 rings (SSSR count). The van der Waals surface area contributed by atoms with Gasteiger partial charge in [-0.3, -0.25) is 4.79 Å². The molecule has 4 nitrogen and oxygen atoms in total. The van der Waals surface area contributed by atoms with E-state index in [-0.39, 0.29) is 18.6 Å². The summed E-state index contributed by atoms with van der Waals surface area (Å²) in [5.74, 6) is -0.931. The van der Waals surface area contributed by atoms with Gasteiger partial charge in [0.15, 0.2) is 0 Å². The molecule has 1 N–H and O–H groups in total. The number of alkyl halides is 3. The topological polar surface area (TPSA) is 55.4 Å². The predicted octanol–water partition coefficient (Wildman–Crippen LogP) is 4.43. The first-order valence-corrected chi connectivity index (χ1v) is 8.26. The summed E-state index contributed by atoms with van der Waals surface area (Å²) in [5, 5.41) is 3.04. The van der Waals surface area contributed by atoms with E-state index in [2.05, 4.69) is 5.32 Å². The number of carbonyl (C=O) groups excluding carboxylic acids is 2. The number of amides is 1. The summed E-state index contributed by atoms with van der Waals surface area (Å²) in [7, 11) is 0. The molecule has 1 heterocycles. The number of aryl methyl sites for hydroxylation is 1. The lowest BCUT2D eigenvalue weighted by molar-refractivity contribution is -0.137. The van der Waals surface area contributed by atoms with E-state index in [0.29, 0.717) is 15.4 Å². The molecule has 0 spiro atoms. The van der Waals surface area contributed by atoms with Crippen LogP contribution in [0.1, 0.15) is 33.3 Å². The summed E-state index contributed by atoms with van der Waals surface area (Å²) in [6, 6.07) is 6.25. The average molecular weight is 371 g/mol. The van der Waals surface area contributed by atoms with Crippen molar-refractivity contribution in [2.45, 2.75) is 26.4 Å². The molecule has 0 bridgehead atoms. The molecule has 8 heteroatoms. The van der Waals surface area contributed by atoms with Gasteiger partial charge in [0.2, 0.25) is 5.91 Å². The van der Waals surface area contributed by atoms with E-state index >= 15 is 0 Å². The lowest BCUT2D eigenvalue weighted by Crippen LogP contribution is -2.14. The first-order valence-electron chi connectivity index (χ1n) is 7.44. The summed E-state index contributed by atoms with van der Waals surface area (Å²) >= 11 is 1.07. The van der Waals surface area contributed by atoms with Crippen LogP contribution in [-0.2, 0) is 22.1 Å². The molecular formula is C17H16F3NO3S. The summed E-state index contributed by atoms with van der Waals surface area (Å²) < 4.78 is 43.0. The van der Waals surface area contributed by atoms with Crippen LogP contribution >= 0.6 is 11.3 Å². The van der Waals surface area contributed by atoms with Gasteiger partial charge in [0.1, 0.15) is 4.88 Å². The normalized spacial score (nSPS) is 11.2. The van der Waals surface area contributed by atoms with E-state index in [1.807, 2.05) is 0 Å². The third-order valence-corrected chi connectivity index (χ3v) is 4.39. The van der Waals surface area contributed by atoms with Gasteiger partial charge in [-0.15, -0.1) is 11.3 Å². The van der Waals surface area contributed by atoms with Gasteiger partial charge >= 0.3 is 12.1 Å². The molecule has 1 aromatic carbocycles. The maximum Gasteiger partial charge on any atom is 0.416 e. The lowest BCUT2D eigenvalue weighted by atomic mass is 10.1. The van der Waals surface area contributed by atoms with E-state index < -0.39 is 23.6 Å². The highest BCUT2D eigenvalue weighted by Gasteiger charge is 2.30. The Morgan fingerprint density at radius 2 is 1.96 bits per heavy atom.